The molecule has 0 nitrogen and oxygen atoms in total. The Kier molecular flexibility index (Phi) is 2.69. The molecule has 2 aromatic rings. The maximum absolute atomic E-state index is 12.5. The second-order valence-electron chi connectivity index (χ2n) is 3.44. The molecule has 0 bridgehead atoms. The SMILES string of the molecule is FC(F)(F)c1cccc(-c2ccccc2)c1. The second kappa shape index (κ2) is 4.00. The molecule has 2 rings (SSSR count). The van der Waals surface area contributed by atoms with E-state index in [1.165, 1.54) is 6.07 Å². The molecule has 16 heavy (non-hydrogen) atoms. The van der Waals surface area contributed by atoms with Crippen molar-refractivity contribution in [2.24, 2.45) is 0 Å². The summed E-state index contributed by atoms with van der Waals surface area (Å²) in [6.07, 6.45) is -4.29. The van der Waals surface area contributed by atoms with Gasteiger partial charge in [-0.2, -0.15) is 13.2 Å². The van der Waals surface area contributed by atoms with Gasteiger partial charge < -0.3 is 0 Å². The molecule has 0 saturated heterocycles. The molecule has 0 N–H and O–H groups in total. The average Bonchev–Trinajstić information content (AvgIpc) is 2.29. The van der Waals surface area contributed by atoms with Crippen LogP contribution in [0.15, 0.2) is 54.6 Å². The van der Waals surface area contributed by atoms with Gasteiger partial charge in [0.05, 0.1) is 5.56 Å². The monoisotopic (exact) mass is 222 g/mol. The van der Waals surface area contributed by atoms with Gasteiger partial charge in [-0.15, -0.1) is 0 Å². The van der Waals surface area contributed by atoms with Crippen LogP contribution in [0.5, 0.6) is 0 Å². The van der Waals surface area contributed by atoms with Crippen molar-refractivity contribution in [2.45, 2.75) is 6.18 Å². The zero-order chi connectivity index (χ0) is 11.6. The second-order valence-corrected chi connectivity index (χ2v) is 3.44. The lowest BCUT2D eigenvalue weighted by atomic mass is 10.0. The van der Waals surface area contributed by atoms with Gasteiger partial charge >= 0.3 is 6.18 Å². The molecule has 0 fully saturated rings. The number of rotatable bonds is 1. The van der Waals surface area contributed by atoms with Crippen molar-refractivity contribution in [3.8, 4) is 11.1 Å². The summed E-state index contributed by atoms with van der Waals surface area (Å²) in [4.78, 5) is 0. The van der Waals surface area contributed by atoms with Crippen LogP contribution in [-0.2, 0) is 6.18 Å². The fourth-order valence-corrected chi connectivity index (χ4v) is 1.51. The van der Waals surface area contributed by atoms with Gasteiger partial charge in [-0.05, 0) is 23.3 Å². The zero-order valence-corrected chi connectivity index (χ0v) is 8.33. The smallest absolute Gasteiger partial charge is 0.166 e. The van der Waals surface area contributed by atoms with Crippen molar-refractivity contribution in [3.05, 3.63) is 60.2 Å². The zero-order valence-electron chi connectivity index (χ0n) is 8.33. The van der Waals surface area contributed by atoms with Crippen molar-refractivity contribution >= 4 is 0 Å². The summed E-state index contributed by atoms with van der Waals surface area (Å²) in [5.41, 5.74) is 0.748. The van der Waals surface area contributed by atoms with Gasteiger partial charge in [-0.3, -0.25) is 0 Å². The number of alkyl halides is 3. The highest BCUT2D eigenvalue weighted by Gasteiger charge is 2.30. The van der Waals surface area contributed by atoms with E-state index in [1.807, 2.05) is 6.07 Å². The molecule has 3 heteroatoms. The minimum Gasteiger partial charge on any atom is -0.166 e. The Morgan fingerprint density at radius 2 is 1.31 bits per heavy atom. The van der Waals surface area contributed by atoms with Crippen LogP contribution in [-0.4, -0.2) is 0 Å². The summed E-state index contributed by atoms with van der Waals surface area (Å²) in [6.45, 7) is 0. The highest BCUT2D eigenvalue weighted by molar-refractivity contribution is 5.64. The molecule has 0 heterocycles. The van der Waals surface area contributed by atoms with Gasteiger partial charge in [-0.1, -0.05) is 42.5 Å². The minimum absolute atomic E-state index is 0.579. The van der Waals surface area contributed by atoms with Gasteiger partial charge in [0.1, 0.15) is 0 Å². The van der Waals surface area contributed by atoms with Crippen LogP contribution in [0.3, 0.4) is 0 Å². The van der Waals surface area contributed by atoms with E-state index in [4.69, 9.17) is 0 Å². The first kappa shape index (κ1) is 10.7. The largest absolute Gasteiger partial charge is 0.416 e. The average molecular weight is 222 g/mol. The molecule has 2 aromatic carbocycles. The molecule has 0 aromatic heterocycles. The molecule has 0 atom stereocenters. The Hall–Kier alpha value is -1.77. The Labute approximate surface area is 91.4 Å². The molecule has 0 aliphatic carbocycles. The predicted molar refractivity (Wildman–Crippen MR) is 56.9 cm³/mol. The summed E-state index contributed by atoms with van der Waals surface area (Å²) in [6, 6.07) is 14.3. The van der Waals surface area contributed by atoms with Crippen molar-refractivity contribution in [2.75, 3.05) is 0 Å². The predicted octanol–water partition coefficient (Wildman–Crippen LogP) is 4.37. The lowest BCUT2D eigenvalue weighted by Crippen LogP contribution is -2.04. The number of hydrogen-bond acceptors (Lipinski definition) is 0. The topological polar surface area (TPSA) is 0 Å². The van der Waals surface area contributed by atoms with Crippen LogP contribution >= 0.6 is 0 Å². The number of benzene rings is 2. The summed E-state index contributed by atoms with van der Waals surface area (Å²) in [7, 11) is 0. The van der Waals surface area contributed by atoms with Crippen LogP contribution < -0.4 is 0 Å². The molecule has 0 radical (unpaired) electrons. The van der Waals surface area contributed by atoms with E-state index in [2.05, 4.69) is 0 Å². The van der Waals surface area contributed by atoms with E-state index in [1.54, 1.807) is 30.3 Å². The van der Waals surface area contributed by atoms with Gasteiger partial charge in [0.2, 0.25) is 0 Å². The fourth-order valence-electron chi connectivity index (χ4n) is 1.51. The molecular weight excluding hydrogens is 213 g/mol. The first-order valence-electron chi connectivity index (χ1n) is 4.80. The first-order chi connectivity index (χ1) is 7.57. The summed E-state index contributed by atoms with van der Waals surface area (Å²) < 4.78 is 37.5. The van der Waals surface area contributed by atoms with Crippen molar-refractivity contribution in [3.63, 3.8) is 0 Å². The highest BCUT2D eigenvalue weighted by Crippen LogP contribution is 2.31. The molecule has 0 amide bonds. The Morgan fingerprint density at radius 1 is 0.688 bits per heavy atom. The van der Waals surface area contributed by atoms with Crippen molar-refractivity contribution < 1.29 is 13.2 Å². The molecule has 0 aliphatic rings. The molecular formula is C13H9F3. The maximum atomic E-state index is 12.5. The summed E-state index contributed by atoms with van der Waals surface area (Å²) >= 11 is 0. The van der Waals surface area contributed by atoms with E-state index in [0.29, 0.717) is 5.56 Å². The first-order valence-corrected chi connectivity index (χ1v) is 4.80. The molecule has 82 valence electrons. The van der Waals surface area contributed by atoms with E-state index < -0.39 is 11.7 Å². The number of hydrogen-bond donors (Lipinski definition) is 0. The van der Waals surface area contributed by atoms with E-state index in [9.17, 15) is 13.2 Å². The fraction of sp³-hybridized carbons (Fsp3) is 0.0769. The third-order valence-corrected chi connectivity index (χ3v) is 2.30. The molecule has 0 unspecified atom stereocenters. The summed E-state index contributed by atoms with van der Waals surface area (Å²) in [5, 5.41) is 0. The minimum atomic E-state index is -4.29. The highest BCUT2D eigenvalue weighted by atomic mass is 19.4. The van der Waals surface area contributed by atoms with E-state index >= 15 is 0 Å². The molecule has 0 spiro atoms. The van der Waals surface area contributed by atoms with Crippen molar-refractivity contribution in [1.29, 1.82) is 0 Å². The lowest BCUT2D eigenvalue weighted by molar-refractivity contribution is -0.137. The standard InChI is InChI=1S/C13H9F3/c14-13(15,16)12-8-4-7-11(9-12)10-5-2-1-3-6-10/h1-9H. The Morgan fingerprint density at radius 3 is 1.94 bits per heavy atom. The van der Waals surface area contributed by atoms with Gasteiger partial charge in [-0.25, -0.2) is 0 Å². The number of halogens is 3. The van der Waals surface area contributed by atoms with Crippen LogP contribution in [0.4, 0.5) is 13.2 Å². The quantitative estimate of drug-likeness (QED) is 0.672. The van der Waals surface area contributed by atoms with Gasteiger partial charge in [0.25, 0.3) is 0 Å². The third-order valence-electron chi connectivity index (χ3n) is 2.30. The normalized spacial score (nSPS) is 11.4. The molecule has 0 saturated carbocycles. The van der Waals surface area contributed by atoms with Crippen LogP contribution in [0.25, 0.3) is 11.1 Å². The van der Waals surface area contributed by atoms with Crippen molar-refractivity contribution in [1.82, 2.24) is 0 Å². The lowest BCUT2D eigenvalue weighted by Gasteiger charge is -2.08. The van der Waals surface area contributed by atoms with E-state index in [0.717, 1.165) is 17.7 Å². The van der Waals surface area contributed by atoms with Crippen LogP contribution in [0.1, 0.15) is 5.56 Å². The Bertz CT molecular complexity index is 472. The van der Waals surface area contributed by atoms with Crippen LogP contribution in [0.2, 0.25) is 0 Å². The van der Waals surface area contributed by atoms with Gasteiger partial charge in [0.15, 0.2) is 0 Å². The third kappa shape index (κ3) is 2.24. The molecule has 0 aliphatic heterocycles. The Balaban J connectivity index is 2.45. The van der Waals surface area contributed by atoms with E-state index in [-0.39, 0.29) is 0 Å². The van der Waals surface area contributed by atoms with Gasteiger partial charge in [0, 0.05) is 0 Å². The van der Waals surface area contributed by atoms with Crippen LogP contribution in [0, 0.1) is 0 Å². The summed E-state index contributed by atoms with van der Waals surface area (Å²) in [5.74, 6) is 0. The maximum Gasteiger partial charge on any atom is 0.416 e.